The Balaban J connectivity index is 3.08. The van der Waals surface area contributed by atoms with Crippen LogP contribution in [-0.4, -0.2) is 129 Å². The highest BCUT2D eigenvalue weighted by molar-refractivity contribution is 5.69. The number of hydrogen-bond acceptors (Lipinski definition) is 11. The molecule has 12 heteroatoms. The van der Waals surface area contributed by atoms with Gasteiger partial charge in [0.25, 0.3) is 0 Å². The molecule has 0 fully saturated rings. The van der Waals surface area contributed by atoms with E-state index in [-0.39, 0.29) is 25.6 Å². The summed E-state index contributed by atoms with van der Waals surface area (Å²) in [5, 5.41) is 8.47. The SMILES string of the molecule is CCCCCCC(=O)OCCOCCOCCOCCOCCOCCOCCOCCOCCC(=O)O. The Kier molecular flexibility index (Phi) is 30.7. The van der Waals surface area contributed by atoms with E-state index < -0.39 is 5.97 Å². The van der Waals surface area contributed by atoms with Crippen LogP contribution < -0.4 is 0 Å². The van der Waals surface area contributed by atoms with Crippen LogP contribution in [0.1, 0.15) is 45.4 Å². The van der Waals surface area contributed by atoms with Crippen LogP contribution in [0.5, 0.6) is 0 Å². The summed E-state index contributed by atoms with van der Waals surface area (Å²) in [5.41, 5.74) is 0. The summed E-state index contributed by atoms with van der Waals surface area (Å²) in [4.78, 5) is 21.8. The quantitative estimate of drug-likeness (QED) is 0.0963. The molecule has 0 aliphatic carbocycles. The van der Waals surface area contributed by atoms with E-state index in [1.165, 1.54) is 0 Å². The molecule has 1 N–H and O–H groups in total. The highest BCUT2D eigenvalue weighted by Gasteiger charge is 2.02. The van der Waals surface area contributed by atoms with Gasteiger partial charge in [0.1, 0.15) is 6.61 Å². The lowest BCUT2D eigenvalue weighted by molar-refractivity contribution is -0.145. The van der Waals surface area contributed by atoms with Gasteiger partial charge < -0.3 is 47.7 Å². The van der Waals surface area contributed by atoms with E-state index in [1.807, 2.05) is 0 Å². The van der Waals surface area contributed by atoms with E-state index >= 15 is 0 Å². The number of carbonyl (C=O) groups is 2. The molecule has 38 heavy (non-hydrogen) atoms. The highest BCUT2D eigenvalue weighted by Crippen LogP contribution is 2.03. The van der Waals surface area contributed by atoms with E-state index in [2.05, 4.69) is 6.92 Å². The van der Waals surface area contributed by atoms with Gasteiger partial charge in [-0.15, -0.1) is 0 Å². The predicted molar refractivity (Wildman–Crippen MR) is 139 cm³/mol. The molecule has 0 amide bonds. The van der Waals surface area contributed by atoms with Gasteiger partial charge in [-0.25, -0.2) is 0 Å². The average Bonchev–Trinajstić information content (AvgIpc) is 2.90. The van der Waals surface area contributed by atoms with Crippen LogP contribution >= 0.6 is 0 Å². The van der Waals surface area contributed by atoms with Crippen molar-refractivity contribution in [3.63, 3.8) is 0 Å². The van der Waals surface area contributed by atoms with Crippen molar-refractivity contribution >= 4 is 11.9 Å². The molecule has 0 aromatic carbocycles. The fraction of sp³-hybridized carbons (Fsp3) is 0.923. The van der Waals surface area contributed by atoms with Gasteiger partial charge in [0.15, 0.2) is 0 Å². The monoisotopic (exact) mass is 554 g/mol. The Morgan fingerprint density at radius 3 is 1.13 bits per heavy atom. The molecule has 0 unspecified atom stereocenters. The zero-order chi connectivity index (χ0) is 27.8. The van der Waals surface area contributed by atoms with E-state index in [0.29, 0.717) is 106 Å². The third kappa shape index (κ3) is 32.6. The lowest BCUT2D eigenvalue weighted by atomic mass is 10.2. The molecule has 0 saturated heterocycles. The Bertz CT molecular complexity index is 507. The highest BCUT2D eigenvalue weighted by atomic mass is 16.6. The molecule has 0 rings (SSSR count). The second kappa shape index (κ2) is 31.8. The predicted octanol–water partition coefficient (Wildman–Crippen LogP) is 2.11. The number of esters is 1. The van der Waals surface area contributed by atoms with E-state index in [9.17, 15) is 9.59 Å². The van der Waals surface area contributed by atoms with Gasteiger partial charge in [0, 0.05) is 6.42 Å². The van der Waals surface area contributed by atoms with E-state index in [4.69, 9.17) is 47.7 Å². The van der Waals surface area contributed by atoms with Crippen molar-refractivity contribution in [2.24, 2.45) is 0 Å². The summed E-state index contributed by atoms with van der Waals surface area (Å²) >= 11 is 0. The standard InChI is InChI=1S/C26H50O12/c1-2-3-4-5-6-26(29)38-24-23-37-22-21-36-20-19-35-18-17-34-16-15-33-14-13-32-12-11-31-10-9-30-8-7-25(27)28/h2-24H2,1H3,(H,27,28). The molecule has 0 saturated carbocycles. The molecule has 0 bridgehead atoms. The molecule has 226 valence electrons. The molecule has 0 spiro atoms. The van der Waals surface area contributed by atoms with Crippen molar-refractivity contribution in [2.75, 3.05) is 112 Å². The van der Waals surface area contributed by atoms with Crippen molar-refractivity contribution in [3.8, 4) is 0 Å². The Hall–Kier alpha value is -1.38. The molecule has 0 aliphatic rings. The van der Waals surface area contributed by atoms with Gasteiger partial charge in [-0.2, -0.15) is 0 Å². The molecule has 12 nitrogen and oxygen atoms in total. The second-order valence-corrected chi connectivity index (χ2v) is 8.07. The fourth-order valence-electron chi connectivity index (χ4n) is 2.78. The summed E-state index contributed by atoms with van der Waals surface area (Å²) < 4.78 is 47.9. The van der Waals surface area contributed by atoms with Crippen molar-refractivity contribution in [2.45, 2.75) is 45.4 Å². The number of carboxylic acid groups (broad SMARTS) is 1. The molecule has 0 aliphatic heterocycles. The first-order valence-electron chi connectivity index (χ1n) is 13.7. The number of aliphatic carboxylic acids is 1. The van der Waals surface area contributed by atoms with Crippen LogP contribution in [0.3, 0.4) is 0 Å². The van der Waals surface area contributed by atoms with Crippen LogP contribution in [0.2, 0.25) is 0 Å². The minimum Gasteiger partial charge on any atom is -0.481 e. The lowest BCUT2D eigenvalue weighted by Gasteiger charge is -2.09. The Labute approximate surface area is 227 Å². The van der Waals surface area contributed by atoms with Gasteiger partial charge in [-0.3, -0.25) is 9.59 Å². The molecule has 0 radical (unpaired) electrons. The van der Waals surface area contributed by atoms with Crippen molar-refractivity contribution in [1.29, 1.82) is 0 Å². The number of hydrogen-bond donors (Lipinski definition) is 1. The fourth-order valence-corrected chi connectivity index (χ4v) is 2.78. The van der Waals surface area contributed by atoms with Gasteiger partial charge in [-0.1, -0.05) is 26.2 Å². The molecule has 0 aromatic heterocycles. The summed E-state index contributed by atoms with van der Waals surface area (Å²) in [6.07, 6.45) is 4.74. The number of unbranched alkanes of at least 4 members (excludes halogenated alkanes) is 3. The maximum Gasteiger partial charge on any atom is 0.305 e. The minimum absolute atomic E-state index is 0.00213. The molecular weight excluding hydrogens is 504 g/mol. The van der Waals surface area contributed by atoms with Crippen molar-refractivity contribution < 1.29 is 57.3 Å². The number of rotatable bonds is 32. The van der Waals surface area contributed by atoms with Crippen LogP contribution in [0.25, 0.3) is 0 Å². The van der Waals surface area contributed by atoms with Gasteiger partial charge in [0.2, 0.25) is 0 Å². The summed E-state index contributed by atoms with van der Waals surface area (Å²) in [7, 11) is 0. The lowest BCUT2D eigenvalue weighted by Crippen LogP contribution is -2.15. The first-order valence-corrected chi connectivity index (χ1v) is 13.7. The van der Waals surface area contributed by atoms with Gasteiger partial charge in [0.05, 0.1) is 112 Å². The summed E-state index contributed by atoms with van der Waals surface area (Å²) in [6.45, 7) is 9.41. The summed E-state index contributed by atoms with van der Waals surface area (Å²) in [6, 6.07) is 0. The third-order valence-electron chi connectivity index (χ3n) is 4.79. The Morgan fingerprint density at radius 2 is 0.789 bits per heavy atom. The van der Waals surface area contributed by atoms with Crippen LogP contribution in [0.4, 0.5) is 0 Å². The third-order valence-corrected chi connectivity index (χ3v) is 4.79. The largest absolute Gasteiger partial charge is 0.481 e. The zero-order valence-electron chi connectivity index (χ0n) is 23.2. The van der Waals surface area contributed by atoms with Crippen LogP contribution in [-0.2, 0) is 52.2 Å². The van der Waals surface area contributed by atoms with Crippen LogP contribution in [0.15, 0.2) is 0 Å². The molecule has 0 heterocycles. The van der Waals surface area contributed by atoms with Gasteiger partial charge >= 0.3 is 11.9 Å². The minimum atomic E-state index is -0.875. The number of carboxylic acids is 1. The molecule has 0 aromatic rings. The van der Waals surface area contributed by atoms with E-state index in [0.717, 1.165) is 25.7 Å². The average molecular weight is 555 g/mol. The van der Waals surface area contributed by atoms with Crippen molar-refractivity contribution in [1.82, 2.24) is 0 Å². The topological polar surface area (TPSA) is 137 Å². The molecular formula is C26H50O12. The summed E-state index contributed by atoms with van der Waals surface area (Å²) in [5.74, 6) is -1.03. The second-order valence-electron chi connectivity index (χ2n) is 8.07. The number of carbonyl (C=O) groups excluding carboxylic acids is 1. The zero-order valence-corrected chi connectivity index (χ0v) is 23.2. The van der Waals surface area contributed by atoms with E-state index in [1.54, 1.807) is 0 Å². The normalized spacial score (nSPS) is 11.2. The first kappa shape index (κ1) is 36.6. The maximum absolute atomic E-state index is 11.5. The Morgan fingerprint density at radius 1 is 0.447 bits per heavy atom. The maximum atomic E-state index is 11.5. The van der Waals surface area contributed by atoms with Gasteiger partial charge in [-0.05, 0) is 6.42 Å². The first-order chi connectivity index (χ1) is 18.7. The number of ether oxygens (including phenoxy) is 9. The van der Waals surface area contributed by atoms with Crippen LogP contribution in [0, 0.1) is 0 Å². The van der Waals surface area contributed by atoms with Crippen molar-refractivity contribution in [3.05, 3.63) is 0 Å². The smallest absolute Gasteiger partial charge is 0.305 e. The molecule has 0 atom stereocenters.